The SMILES string of the molecule is C[C@@H](CSc1ccccc1)N(CCO)[C@@H](C)CSc1ccccc1. The van der Waals surface area contributed by atoms with Gasteiger partial charge in [0.25, 0.3) is 0 Å². The zero-order valence-electron chi connectivity index (χ0n) is 14.5. The molecule has 0 amide bonds. The third-order valence-corrected chi connectivity index (χ3v) is 6.47. The molecule has 130 valence electrons. The summed E-state index contributed by atoms with van der Waals surface area (Å²) in [6, 6.07) is 21.9. The lowest BCUT2D eigenvalue weighted by molar-refractivity contribution is 0.138. The van der Waals surface area contributed by atoms with Crippen LogP contribution < -0.4 is 0 Å². The number of thioether (sulfide) groups is 2. The van der Waals surface area contributed by atoms with E-state index in [2.05, 4.69) is 79.4 Å². The minimum atomic E-state index is 0.209. The molecule has 2 aromatic rings. The monoisotopic (exact) mass is 361 g/mol. The first-order chi connectivity index (χ1) is 11.7. The number of nitrogens with zero attached hydrogens (tertiary/aromatic N) is 1. The van der Waals surface area contributed by atoms with Crippen LogP contribution in [-0.2, 0) is 0 Å². The van der Waals surface area contributed by atoms with E-state index in [1.54, 1.807) is 0 Å². The lowest BCUT2D eigenvalue weighted by Crippen LogP contribution is -2.44. The van der Waals surface area contributed by atoms with Gasteiger partial charge in [0.05, 0.1) is 6.61 Å². The van der Waals surface area contributed by atoms with Crippen LogP contribution in [0.3, 0.4) is 0 Å². The second-order valence-corrected chi connectivity index (χ2v) is 8.09. The quantitative estimate of drug-likeness (QED) is 0.623. The highest BCUT2D eigenvalue weighted by atomic mass is 32.2. The van der Waals surface area contributed by atoms with E-state index in [4.69, 9.17) is 0 Å². The lowest BCUT2D eigenvalue weighted by atomic mass is 10.2. The molecule has 2 nitrogen and oxygen atoms in total. The molecule has 0 aromatic heterocycles. The predicted octanol–water partition coefficient (Wildman–Crippen LogP) is 4.64. The molecule has 0 aliphatic heterocycles. The molecule has 0 aliphatic carbocycles. The van der Waals surface area contributed by atoms with Gasteiger partial charge in [-0.05, 0) is 38.1 Å². The normalized spacial score (nSPS) is 13.8. The number of hydrogen-bond acceptors (Lipinski definition) is 4. The van der Waals surface area contributed by atoms with Crippen LogP contribution in [0.5, 0.6) is 0 Å². The maximum Gasteiger partial charge on any atom is 0.0558 e. The summed E-state index contributed by atoms with van der Waals surface area (Å²) in [5, 5.41) is 9.45. The van der Waals surface area contributed by atoms with E-state index >= 15 is 0 Å². The number of aliphatic hydroxyl groups excluding tert-OH is 1. The van der Waals surface area contributed by atoms with Gasteiger partial charge in [-0.25, -0.2) is 0 Å². The Morgan fingerprint density at radius 2 is 1.21 bits per heavy atom. The molecule has 4 heteroatoms. The van der Waals surface area contributed by atoms with Gasteiger partial charge in [-0.1, -0.05) is 36.4 Å². The Morgan fingerprint density at radius 3 is 1.58 bits per heavy atom. The van der Waals surface area contributed by atoms with Gasteiger partial charge in [-0.3, -0.25) is 4.90 Å². The van der Waals surface area contributed by atoms with Crippen molar-refractivity contribution in [1.29, 1.82) is 0 Å². The molecule has 2 rings (SSSR count). The molecule has 0 fully saturated rings. The second-order valence-electron chi connectivity index (χ2n) is 5.91. The fourth-order valence-electron chi connectivity index (χ4n) is 2.65. The van der Waals surface area contributed by atoms with Crippen molar-refractivity contribution in [2.45, 2.75) is 35.7 Å². The molecule has 24 heavy (non-hydrogen) atoms. The molecule has 0 bridgehead atoms. The summed E-state index contributed by atoms with van der Waals surface area (Å²) < 4.78 is 0. The standard InChI is InChI=1S/C20H27NOS2/c1-17(15-23-19-9-5-3-6-10-19)21(13-14-22)18(2)16-24-20-11-7-4-8-12-20/h3-12,17-18,22H,13-16H2,1-2H3/t17-,18-/m0/s1. The summed E-state index contributed by atoms with van der Waals surface area (Å²) in [7, 11) is 0. The molecule has 0 saturated carbocycles. The van der Waals surface area contributed by atoms with Crippen molar-refractivity contribution in [3.8, 4) is 0 Å². The Balaban J connectivity index is 1.86. The third kappa shape index (κ3) is 6.52. The molecule has 0 unspecified atom stereocenters. The van der Waals surface area contributed by atoms with E-state index in [0.717, 1.165) is 18.1 Å². The topological polar surface area (TPSA) is 23.5 Å². The van der Waals surface area contributed by atoms with Crippen molar-refractivity contribution < 1.29 is 5.11 Å². The average molecular weight is 362 g/mol. The van der Waals surface area contributed by atoms with Crippen molar-refractivity contribution >= 4 is 23.5 Å². The maximum absolute atomic E-state index is 9.45. The molecule has 0 radical (unpaired) electrons. The first-order valence-corrected chi connectivity index (χ1v) is 10.4. The van der Waals surface area contributed by atoms with Crippen LogP contribution in [0.4, 0.5) is 0 Å². The van der Waals surface area contributed by atoms with Crippen LogP contribution in [0, 0.1) is 0 Å². The van der Waals surface area contributed by atoms with Crippen LogP contribution in [-0.4, -0.2) is 46.7 Å². The van der Waals surface area contributed by atoms with Gasteiger partial charge in [-0.2, -0.15) is 0 Å². The highest BCUT2D eigenvalue weighted by Gasteiger charge is 2.20. The highest BCUT2D eigenvalue weighted by Crippen LogP contribution is 2.23. The minimum absolute atomic E-state index is 0.209. The summed E-state index contributed by atoms with van der Waals surface area (Å²) in [5.74, 6) is 2.06. The van der Waals surface area contributed by atoms with Crippen molar-refractivity contribution in [1.82, 2.24) is 4.90 Å². The van der Waals surface area contributed by atoms with Gasteiger partial charge in [-0.15, -0.1) is 23.5 Å². The van der Waals surface area contributed by atoms with Crippen molar-refractivity contribution in [3.05, 3.63) is 60.7 Å². The average Bonchev–Trinajstić information content (AvgIpc) is 2.64. The molecular formula is C20H27NOS2. The number of rotatable bonds is 10. The van der Waals surface area contributed by atoms with Crippen molar-refractivity contribution in [2.24, 2.45) is 0 Å². The van der Waals surface area contributed by atoms with Crippen LogP contribution in [0.1, 0.15) is 13.8 Å². The second kappa shape index (κ2) is 10.8. The fraction of sp³-hybridized carbons (Fsp3) is 0.400. The first kappa shape index (κ1) is 19.4. The molecule has 1 N–H and O–H groups in total. The van der Waals surface area contributed by atoms with Gasteiger partial charge in [0.1, 0.15) is 0 Å². The van der Waals surface area contributed by atoms with Gasteiger partial charge in [0.2, 0.25) is 0 Å². The number of aliphatic hydroxyl groups is 1. The molecule has 0 heterocycles. The van der Waals surface area contributed by atoms with E-state index in [1.807, 2.05) is 23.5 Å². The fourth-order valence-corrected chi connectivity index (χ4v) is 4.60. The smallest absolute Gasteiger partial charge is 0.0558 e. The van der Waals surface area contributed by atoms with Crippen LogP contribution in [0.2, 0.25) is 0 Å². The summed E-state index contributed by atoms with van der Waals surface area (Å²) in [5.41, 5.74) is 0. The zero-order valence-corrected chi connectivity index (χ0v) is 16.1. The van der Waals surface area contributed by atoms with Gasteiger partial charge >= 0.3 is 0 Å². The zero-order chi connectivity index (χ0) is 17.2. The Morgan fingerprint density at radius 1 is 0.792 bits per heavy atom. The van der Waals surface area contributed by atoms with Crippen molar-refractivity contribution in [3.63, 3.8) is 0 Å². The minimum Gasteiger partial charge on any atom is -0.395 e. The van der Waals surface area contributed by atoms with Crippen LogP contribution in [0.15, 0.2) is 70.5 Å². The number of hydrogen-bond donors (Lipinski definition) is 1. The maximum atomic E-state index is 9.45. The molecule has 0 saturated heterocycles. The van der Waals surface area contributed by atoms with E-state index in [1.165, 1.54) is 9.79 Å². The largest absolute Gasteiger partial charge is 0.395 e. The summed E-state index contributed by atoms with van der Waals surface area (Å²) >= 11 is 3.77. The molecule has 0 spiro atoms. The van der Waals surface area contributed by atoms with Crippen LogP contribution in [0.25, 0.3) is 0 Å². The Labute approximate surface area is 154 Å². The summed E-state index contributed by atoms with van der Waals surface area (Å²) in [4.78, 5) is 5.03. The number of benzene rings is 2. The Hall–Kier alpha value is -0.940. The predicted molar refractivity (Wildman–Crippen MR) is 107 cm³/mol. The van der Waals surface area contributed by atoms with E-state index < -0.39 is 0 Å². The molecular weight excluding hydrogens is 334 g/mol. The van der Waals surface area contributed by atoms with Crippen LogP contribution >= 0.6 is 23.5 Å². The van der Waals surface area contributed by atoms with E-state index in [0.29, 0.717) is 12.1 Å². The lowest BCUT2D eigenvalue weighted by Gasteiger charge is -2.34. The first-order valence-electron chi connectivity index (χ1n) is 8.43. The molecule has 0 aliphatic rings. The van der Waals surface area contributed by atoms with E-state index in [9.17, 15) is 5.11 Å². The Kier molecular flexibility index (Phi) is 8.75. The molecule has 2 atom stereocenters. The van der Waals surface area contributed by atoms with E-state index in [-0.39, 0.29) is 6.61 Å². The third-order valence-electron chi connectivity index (χ3n) is 3.96. The van der Waals surface area contributed by atoms with Gasteiger partial charge in [0.15, 0.2) is 0 Å². The van der Waals surface area contributed by atoms with Gasteiger partial charge in [0, 0.05) is 39.9 Å². The molecule has 2 aromatic carbocycles. The summed E-state index contributed by atoms with van der Waals surface area (Å²) in [6.07, 6.45) is 0. The van der Waals surface area contributed by atoms with Crippen molar-refractivity contribution in [2.75, 3.05) is 24.7 Å². The van der Waals surface area contributed by atoms with Gasteiger partial charge < -0.3 is 5.11 Å². The Bertz CT molecular complexity index is 515. The summed E-state index contributed by atoms with van der Waals surface area (Å²) in [6.45, 7) is 5.46. The highest BCUT2D eigenvalue weighted by molar-refractivity contribution is 7.99.